The molecule has 0 unspecified atom stereocenters. The van der Waals surface area contributed by atoms with E-state index in [0.29, 0.717) is 11.3 Å². The van der Waals surface area contributed by atoms with Crippen molar-refractivity contribution in [3.63, 3.8) is 0 Å². The Morgan fingerprint density at radius 1 is 0.938 bits per heavy atom. The van der Waals surface area contributed by atoms with Gasteiger partial charge in [0.1, 0.15) is 0 Å². The molecule has 2 bridgehead atoms. The molecule has 3 aliphatic rings. The zero-order valence-corrected chi connectivity index (χ0v) is 10.8. The van der Waals surface area contributed by atoms with Crippen LogP contribution in [0, 0.1) is 23.2 Å². The van der Waals surface area contributed by atoms with Gasteiger partial charge in [0, 0.05) is 0 Å². The van der Waals surface area contributed by atoms with Gasteiger partial charge in [0.05, 0.1) is 5.60 Å². The lowest BCUT2D eigenvalue weighted by Crippen LogP contribution is -2.63. The van der Waals surface area contributed by atoms with Crippen molar-refractivity contribution in [3.8, 4) is 0 Å². The summed E-state index contributed by atoms with van der Waals surface area (Å²) in [5.74, 6) is 2.36. The zero-order valence-electron chi connectivity index (χ0n) is 10.8. The van der Waals surface area contributed by atoms with Crippen LogP contribution in [-0.2, 0) is 0 Å². The highest BCUT2D eigenvalue weighted by Crippen LogP contribution is 2.67. The fourth-order valence-corrected chi connectivity index (χ4v) is 5.07. The molecule has 0 amide bonds. The summed E-state index contributed by atoms with van der Waals surface area (Å²) in [5, 5.41) is 10.6. The number of hydrogen-bond acceptors (Lipinski definition) is 1. The smallest absolute Gasteiger partial charge is 0.0681 e. The summed E-state index contributed by atoms with van der Waals surface area (Å²) in [6.07, 6.45) is 10.9. The summed E-state index contributed by atoms with van der Waals surface area (Å²) in [7, 11) is 0. The van der Waals surface area contributed by atoms with Gasteiger partial charge in [-0.15, -0.1) is 0 Å². The quantitative estimate of drug-likeness (QED) is 0.716. The zero-order chi connectivity index (χ0) is 11.4. The average molecular weight is 222 g/mol. The minimum absolute atomic E-state index is 0.314. The van der Waals surface area contributed by atoms with E-state index < -0.39 is 0 Å². The van der Waals surface area contributed by atoms with E-state index in [1.54, 1.807) is 0 Å². The molecule has 1 heteroatoms. The number of hydrogen-bond donors (Lipinski definition) is 1. The van der Waals surface area contributed by atoms with Crippen molar-refractivity contribution < 1.29 is 5.11 Å². The first-order valence-corrected chi connectivity index (χ1v) is 7.29. The van der Waals surface area contributed by atoms with E-state index in [1.807, 2.05) is 0 Å². The van der Waals surface area contributed by atoms with Gasteiger partial charge in [-0.2, -0.15) is 0 Å². The van der Waals surface area contributed by atoms with Crippen LogP contribution in [0.5, 0.6) is 0 Å². The first kappa shape index (κ1) is 11.1. The van der Waals surface area contributed by atoms with Gasteiger partial charge >= 0.3 is 0 Å². The molecular weight excluding hydrogens is 196 g/mol. The predicted molar refractivity (Wildman–Crippen MR) is 66.1 cm³/mol. The highest BCUT2D eigenvalue weighted by Gasteiger charge is 2.62. The Hall–Kier alpha value is -0.0400. The second-order valence-corrected chi connectivity index (χ2v) is 7.10. The lowest BCUT2D eigenvalue weighted by molar-refractivity contribution is -0.223. The van der Waals surface area contributed by atoms with E-state index >= 15 is 0 Å². The summed E-state index contributed by atoms with van der Waals surface area (Å²) in [4.78, 5) is 0. The van der Waals surface area contributed by atoms with Crippen LogP contribution in [0.25, 0.3) is 0 Å². The summed E-state index contributed by atoms with van der Waals surface area (Å²) in [6.45, 7) is 4.37. The Labute approximate surface area is 99.6 Å². The SMILES string of the molecule is CC(C)C1(O)CC2(C1)C1CCCC2CCC1. The standard InChI is InChI=1S/C15H26O/c1-11(2)15(16)9-14(10-15)12-5-3-6-13(14)8-4-7-12/h11-13,16H,3-10H2,1-2H3. The Bertz CT molecular complexity index is 251. The van der Waals surface area contributed by atoms with Gasteiger partial charge in [0.15, 0.2) is 0 Å². The molecule has 0 aliphatic heterocycles. The molecule has 0 atom stereocenters. The van der Waals surface area contributed by atoms with Gasteiger partial charge in [-0.1, -0.05) is 26.7 Å². The molecule has 0 radical (unpaired) electrons. The molecule has 0 saturated heterocycles. The van der Waals surface area contributed by atoms with Gasteiger partial charge in [0.25, 0.3) is 0 Å². The highest BCUT2D eigenvalue weighted by molar-refractivity contribution is 5.13. The molecule has 92 valence electrons. The minimum atomic E-state index is -0.314. The Morgan fingerprint density at radius 3 is 1.75 bits per heavy atom. The molecule has 1 nitrogen and oxygen atoms in total. The molecule has 0 aromatic heterocycles. The van der Waals surface area contributed by atoms with Crippen LogP contribution in [0.4, 0.5) is 0 Å². The van der Waals surface area contributed by atoms with Gasteiger partial charge < -0.3 is 5.11 Å². The summed E-state index contributed by atoms with van der Waals surface area (Å²) in [5.41, 5.74) is 0.265. The van der Waals surface area contributed by atoms with E-state index in [-0.39, 0.29) is 5.60 Å². The first-order chi connectivity index (χ1) is 7.57. The summed E-state index contributed by atoms with van der Waals surface area (Å²) in [6, 6.07) is 0. The molecular formula is C15H26O. The lowest BCUT2D eigenvalue weighted by atomic mass is 9.41. The van der Waals surface area contributed by atoms with E-state index in [9.17, 15) is 5.11 Å². The predicted octanol–water partition coefficient (Wildman–Crippen LogP) is 3.75. The monoisotopic (exact) mass is 222 g/mol. The van der Waals surface area contributed by atoms with Crippen molar-refractivity contribution in [2.75, 3.05) is 0 Å². The van der Waals surface area contributed by atoms with Crippen LogP contribution in [-0.4, -0.2) is 10.7 Å². The van der Waals surface area contributed by atoms with Crippen LogP contribution in [0.15, 0.2) is 0 Å². The molecule has 0 aromatic carbocycles. The summed E-state index contributed by atoms with van der Waals surface area (Å²) >= 11 is 0. The second kappa shape index (κ2) is 3.48. The van der Waals surface area contributed by atoms with Crippen LogP contribution >= 0.6 is 0 Å². The van der Waals surface area contributed by atoms with Crippen LogP contribution in [0.2, 0.25) is 0 Å². The first-order valence-electron chi connectivity index (χ1n) is 7.29. The third-order valence-corrected chi connectivity index (χ3v) is 6.18. The molecule has 0 aromatic rings. The van der Waals surface area contributed by atoms with Crippen molar-refractivity contribution in [1.29, 1.82) is 0 Å². The topological polar surface area (TPSA) is 20.2 Å². The van der Waals surface area contributed by atoms with Gasteiger partial charge in [-0.25, -0.2) is 0 Å². The average Bonchev–Trinajstić information content (AvgIpc) is 2.14. The fraction of sp³-hybridized carbons (Fsp3) is 1.00. The highest BCUT2D eigenvalue weighted by atomic mass is 16.3. The Balaban J connectivity index is 1.80. The van der Waals surface area contributed by atoms with Crippen LogP contribution < -0.4 is 0 Å². The van der Waals surface area contributed by atoms with Crippen molar-refractivity contribution in [2.24, 2.45) is 23.2 Å². The van der Waals surface area contributed by atoms with E-state index in [0.717, 1.165) is 24.7 Å². The maximum atomic E-state index is 10.6. The molecule has 1 N–H and O–H groups in total. The third kappa shape index (κ3) is 1.33. The van der Waals surface area contributed by atoms with Crippen LogP contribution in [0.3, 0.4) is 0 Å². The molecule has 0 heterocycles. The minimum Gasteiger partial charge on any atom is -0.390 e. The maximum absolute atomic E-state index is 10.6. The molecule has 3 fully saturated rings. The van der Waals surface area contributed by atoms with Gasteiger partial charge in [0.2, 0.25) is 0 Å². The molecule has 3 saturated carbocycles. The van der Waals surface area contributed by atoms with E-state index in [1.165, 1.54) is 38.5 Å². The van der Waals surface area contributed by atoms with Crippen molar-refractivity contribution in [3.05, 3.63) is 0 Å². The molecule has 1 spiro atoms. The third-order valence-electron chi connectivity index (χ3n) is 6.18. The van der Waals surface area contributed by atoms with Crippen molar-refractivity contribution in [2.45, 2.75) is 70.8 Å². The molecule has 16 heavy (non-hydrogen) atoms. The van der Waals surface area contributed by atoms with Crippen LogP contribution in [0.1, 0.15) is 65.2 Å². The number of aliphatic hydroxyl groups is 1. The van der Waals surface area contributed by atoms with Crippen molar-refractivity contribution in [1.82, 2.24) is 0 Å². The van der Waals surface area contributed by atoms with Gasteiger partial charge in [-0.3, -0.25) is 0 Å². The Kier molecular flexibility index (Phi) is 2.41. The lowest BCUT2D eigenvalue weighted by Gasteiger charge is -2.66. The normalized spacial score (nSPS) is 51.8. The molecule has 3 aliphatic carbocycles. The van der Waals surface area contributed by atoms with E-state index in [2.05, 4.69) is 13.8 Å². The van der Waals surface area contributed by atoms with Gasteiger partial charge in [-0.05, 0) is 61.7 Å². The second-order valence-electron chi connectivity index (χ2n) is 7.10. The van der Waals surface area contributed by atoms with E-state index in [4.69, 9.17) is 0 Å². The summed E-state index contributed by atoms with van der Waals surface area (Å²) < 4.78 is 0. The Morgan fingerprint density at radius 2 is 1.38 bits per heavy atom. The maximum Gasteiger partial charge on any atom is 0.0681 e. The molecule has 3 rings (SSSR count). The number of rotatable bonds is 1. The fourth-order valence-electron chi connectivity index (χ4n) is 5.07. The largest absolute Gasteiger partial charge is 0.390 e. The van der Waals surface area contributed by atoms with Crippen molar-refractivity contribution >= 4 is 0 Å².